The molecule has 0 bridgehead atoms. The first-order valence-electron chi connectivity index (χ1n) is 8.66. The number of carbonyl (C=O) groups excluding carboxylic acids is 2. The van der Waals surface area contributed by atoms with Crippen molar-refractivity contribution in [3.8, 4) is 0 Å². The van der Waals surface area contributed by atoms with Crippen LogP contribution in [0.15, 0.2) is 18.2 Å². The number of ether oxygens (including phenoxy) is 1. The summed E-state index contributed by atoms with van der Waals surface area (Å²) in [5.41, 5.74) is 2.01. The van der Waals surface area contributed by atoms with Crippen molar-refractivity contribution in [2.45, 2.75) is 32.9 Å². The van der Waals surface area contributed by atoms with Gasteiger partial charge in [0.15, 0.2) is 0 Å². The average Bonchev–Trinajstić information content (AvgIpc) is 3.00. The van der Waals surface area contributed by atoms with Gasteiger partial charge in [0, 0.05) is 38.4 Å². The molecule has 142 valence electrons. The topological polar surface area (TPSA) is 110 Å². The van der Waals surface area contributed by atoms with Gasteiger partial charge in [0.25, 0.3) is 5.91 Å². The smallest absolute Gasteiger partial charge is 0.314 e. The lowest BCUT2D eigenvalue weighted by molar-refractivity contribution is 0.0943. The number of urea groups is 1. The summed E-state index contributed by atoms with van der Waals surface area (Å²) >= 11 is 0. The number of nitrogens with zero attached hydrogens (tertiary/aromatic N) is 3. The third-order valence-electron chi connectivity index (χ3n) is 3.62. The first-order chi connectivity index (χ1) is 12.5. The predicted octanol–water partition coefficient (Wildman–Crippen LogP) is 0.905. The van der Waals surface area contributed by atoms with Gasteiger partial charge < -0.3 is 20.7 Å². The minimum atomic E-state index is -0.224. The number of carbonyl (C=O) groups is 2. The molecular formula is C17H26N6O3. The molecule has 9 heteroatoms. The molecule has 3 N–H and O–H groups in total. The molecular weight excluding hydrogens is 336 g/mol. The van der Waals surface area contributed by atoms with Crippen molar-refractivity contribution in [3.05, 3.63) is 23.8 Å². The van der Waals surface area contributed by atoms with Crippen molar-refractivity contribution in [1.29, 1.82) is 0 Å². The number of hydrogen-bond acceptors (Lipinski definition) is 5. The fourth-order valence-corrected chi connectivity index (χ4v) is 2.38. The molecule has 26 heavy (non-hydrogen) atoms. The molecule has 3 amide bonds. The Hall–Kier alpha value is -2.68. The third kappa shape index (κ3) is 5.69. The second-order valence-corrected chi connectivity index (χ2v) is 6.17. The number of methoxy groups -OCH3 is 1. The molecule has 9 nitrogen and oxygen atoms in total. The molecule has 1 aromatic heterocycles. The summed E-state index contributed by atoms with van der Waals surface area (Å²) in [6.45, 7) is 5.90. The Morgan fingerprint density at radius 2 is 2.00 bits per heavy atom. The van der Waals surface area contributed by atoms with Gasteiger partial charge in [0.1, 0.15) is 5.52 Å². The molecule has 0 aliphatic rings. The van der Waals surface area contributed by atoms with E-state index < -0.39 is 0 Å². The van der Waals surface area contributed by atoms with Crippen LogP contribution in [0, 0.1) is 0 Å². The quantitative estimate of drug-likeness (QED) is 0.574. The second kappa shape index (κ2) is 9.71. The minimum absolute atomic E-state index is 0.0700. The lowest BCUT2D eigenvalue weighted by Gasteiger charge is -2.09. The maximum absolute atomic E-state index is 12.1. The Morgan fingerprint density at radius 3 is 2.73 bits per heavy atom. The van der Waals surface area contributed by atoms with Crippen LogP contribution < -0.4 is 16.0 Å². The van der Waals surface area contributed by atoms with E-state index in [-0.39, 0.29) is 18.0 Å². The van der Waals surface area contributed by atoms with E-state index >= 15 is 0 Å². The number of fused-ring (bicyclic) bond motifs is 1. The number of benzene rings is 1. The molecule has 1 aromatic carbocycles. The van der Waals surface area contributed by atoms with Gasteiger partial charge in [-0.05, 0) is 38.5 Å². The fourth-order valence-electron chi connectivity index (χ4n) is 2.38. The second-order valence-electron chi connectivity index (χ2n) is 6.17. The highest BCUT2D eigenvalue weighted by Gasteiger charge is 2.11. The predicted molar refractivity (Wildman–Crippen MR) is 98.0 cm³/mol. The van der Waals surface area contributed by atoms with Crippen LogP contribution in [0.1, 0.15) is 30.6 Å². The SMILES string of the molecule is COCCCNC(=O)NCCn1nnc2cc(C(=O)NC(C)C)ccc21. The van der Waals surface area contributed by atoms with Crippen LogP contribution in [-0.2, 0) is 11.3 Å². The summed E-state index contributed by atoms with van der Waals surface area (Å²) in [5, 5.41) is 16.6. The Balaban J connectivity index is 1.87. The summed E-state index contributed by atoms with van der Waals surface area (Å²) in [7, 11) is 1.63. The summed E-state index contributed by atoms with van der Waals surface area (Å²) in [4.78, 5) is 23.7. The maximum atomic E-state index is 12.1. The van der Waals surface area contributed by atoms with Crippen LogP contribution in [0.5, 0.6) is 0 Å². The van der Waals surface area contributed by atoms with Crippen LogP contribution in [0.2, 0.25) is 0 Å². The number of nitrogens with one attached hydrogen (secondary N) is 3. The van der Waals surface area contributed by atoms with E-state index in [1.165, 1.54) is 0 Å². The minimum Gasteiger partial charge on any atom is -0.385 e. The molecule has 2 aromatic rings. The summed E-state index contributed by atoms with van der Waals surface area (Å²) < 4.78 is 6.62. The zero-order chi connectivity index (χ0) is 18.9. The normalized spacial score (nSPS) is 10.9. The van der Waals surface area contributed by atoms with E-state index in [4.69, 9.17) is 4.74 Å². The monoisotopic (exact) mass is 362 g/mol. The molecule has 0 fully saturated rings. The van der Waals surface area contributed by atoms with E-state index in [0.29, 0.717) is 37.3 Å². The van der Waals surface area contributed by atoms with Crippen LogP contribution in [0.3, 0.4) is 0 Å². The molecule has 0 radical (unpaired) electrons. The average molecular weight is 362 g/mol. The van der Waals surface area contributed by atoms with E-state index in [2.05, 4.69) is 26.3 Å². The van der Waals surface area contributed by atoms with E-state index in [1.807, 2.05) is 19.9 Å². The van der Waals surface area contributed by atoms with Crippen molar-refractivity contribution in [3.63, 3.8) is 0 Å². The highest BCUT2D eigenvalue weighted by atomic mass is 16.5. The first-order valence-corrected chi connectivity index (χ1v) is 8.66. The lowest BCUT2D eigenvalue weighted by Crippen LogP contribution is -2.38. The van der Waals surface area contributed by atoms with Crippen molar-refractivity contribution in [2.75, 3.05) is 26.8 Å². The van der Waals surface area contributed by atoms with Crippen LogP contribution in [0.4, 0.5) is 4.79 Å². The highest BCUT2D eigenvalue weighted by molar-refractivity contribution is 5.97. The first kappa shape index (κ1) is 19.6. The van der Waals surface area contributed by atoms with Crippen LogP contribution in [0.25, 0.3) is 11.0 Å². The van der Waals surface area contributed by atoms with Gasteiger partial charge in [-0.1, -0.05) is 5.21 Å². The van der Waals surface area contributed by atoms with Gasteiger partial charge >= 0.3 is 6.03 Å². The van der Waals surface area contributed by atoms with Gasteiger partial charge in [-0.2, -0.15) is 0 Å². The van der Waals surface area contributed by atoms with Gasteiger partial charge in [0.05, 0.1) is 12.1 Å². The van der Waals surface area contributed by atoms with E-state index in [9.17, 15) is 9.59 Å². The van der Waals surface area contributed by atoms with E-state index in [1.54, 1.807) is 23.9 Å². The molecule has 0 spiro atoms. The third-order valence-corrected chi connectivity index (χ3v) is 3.62. The maximum Gasteiger partial charge on any atom is 0.314 e. The highest BCUT2D eigenvalue weighted by Crippen LogP contribution is 2.13. The standard InChI is InChI=1S/C17H26N6O3/c1-12(2)20-16(24)13-5-6-15-14(11-13)21-22-23(15)9-8-19-17(25)18-7-4-10-26-3/h5-6,11-12H,4,7-10H2,1-3H3,(H,20,24)(H2,18,19,25). The fraction of sp³-hybridized carbons (Fsp3) is 0.529. The molecule has 0 saturated carbocycles. The number of rotatable bonds is 9. The van der Waals surface area contributed by atoms with Gasteiger partial charge in [-0.15, -0.1) is 5.10 Å². The Labute approximate surface area is 152 Å². The number of hydrogen-bond donors (Lipinski definition) is 3. The molecule has 0 aliphatic carbocycles. The summed E-state index contributed by atoms with van der Waals surface area (Å²) in [6, 6.07) is 5.12. The number of amides is 3. The summed E-state index contributed by atoms with van der Waals surface area (Å²) in [6.07, 6.45) is 0.768. The Kier molecular flexibility index (Phi) is 7.34. The van der Waals surface area contributed by atoms with Crippen LogP contribution in [-0.4, -0.2) is 59.8 Å². The Morgan fingerprint density at radius 1 is 1.23 bits per heavy atom. The zero-order valence-electron chi connectivity index (χ0n) is 15.4. The molecule has 0 aliphatic heterocycles. The lowest BCUT2D eigenvalue weighted by atomic mass is 10.2. The van der Waals surface area contributed by atoms with Crippen molar-refractivity contribution in [1.82, 2.24) is 30.9 Å². The molecule has 1 heterocycles. The summed E-state index contributed by atoms with van der Waals surface area (Å²) in [5.74, 6) is -0.136. The van der Waals surface area contributed by atoms with Gasteiger partial charge in [0.2, 0.25) is 0 Å². The largest absolute Gasteiger partial charge is 0.385 e. The molecule has 0 unspecified atom stereocenters. The van der Waals surface area contributed by atoms with Gasteiger partial charge in [-0.3, -0.25) is 4.79 Å². The molecule has 0 saturated heterocycles. The van der Waals surface area contributed by atoms with E-state index in [0.717, 1.165) is 11.9 Å². The molecule has 0 atom stereocenters. The van der Waals surface area contributed by atoms with Crippen LogP contribution >= 0.6 is 0 Å². The van der Waals surface area contributed by atoms with Crippen molar-refractivity contribution < 1.29 is 14.3 Å². The zero-order valence-corrected chi connectivity index (χ0v) is 15.4. The van der Waals surface area contributed by atoms with Gasteiger partial charge in [-0.25, -0.2) is 9.48 Å². The molecule has 2 rings (SSSR count). The Bertz CT molecular complexity index is 743. The number of aromatic nitrogens is 3. The van der Waals surface area contributed by atoms with Crippen molar-refractivity contribution >= 4 is 23.0 Å². The van der Waals surface area contributed by atoms with Crippen molar-refractivity contribution in [2.24, 2.45) is 0 Å².